The predicted octanol–water partition coefficient (Wildman–Crippen LogP) is 3.41. The van der Waals surface area contributed by atoms with Gasteiger partial charge < -0.3 is 15.8 Å². The second kappa shape index (κ2) is 9.24. The van der Waals surface area contributed by atoms with Crippen LogP contribution in [0.2, 0.25) is 0 Å². The van der Waals surface area contributed by atoms with Crippen LogP contribution in [0, 0.1) is 0 Å². The van der Waals surface area contributed by atoms with E-state index in [-0.39, 0.29) is 30.1 Å². The van der Waals surface area contributed by atoms with Gasteiger partial charge in [0, 0.05) is 11.9 Å². The Labute approximate surface area is 148 Å². The summed E-state index contributed by atoms with van der Waals surface area (Å²) < 4.78 is 5.58. The Morgan fingerprint density at radius 2 is 1.95 bits per heavy atom. The number of benzene rings is 1. The summed E-state index contributed by atoms with van der Waals surface area (Å²) in [5.74, 6) is 1.19. The van der Waals surface area contributed by atoms with E-state index in [1.165, 1.54) is 0 Å². The number of hydrogen-bond acceptors (Lipinski definition) is 3. The minimum atomic E-state index is 0. The molecule has 0 spiro atoms. The zero-order chi connectivity index (χ0) is 15.1. The van der Waals surface area contributed by atoms with Gasteiger partial charge in [-0.1, -0.05) is 6.07 Å². The molecule has 0 saturated carbocycles. The highest BCUT2D eigenvalue weighted by Gasteiger charge is 1.99. The van der Waals surface area contributed by atoms with E-state index in [1.54, 1.807) is 6.20 Å². The molecule has 0 radical (unpaired) electrons. The summed E-state index contributed by atoms with van der Waals surface area (Å²) in [6.07, 6.45) is 1.90. The van der Waals surface area contributed by atoms with Gasteiger partial charge in [0.1, 0.15) is 5.75 Å². The first-order valence-corrected chi connectivity index (χ1v) is 6.87. The van der Waals surface area contributed by atoms with Crippen LogP contribution in [0.25, 0.3) is 0 Å². The van der Waals surface area contributed by atoms with Gasteiger partial charge >= 0.3 is 0 Å². The summed E-state index contributed by atoms with van der Waals surface area (Å²) in [5.41, 5.74) is 7.60. The topological polar surface area (TPSA) is 72.5 Å². The Bertz CT molecular complexity index is 585. The molecule has 1 aromatic heterocycles. The Hall–Kier alpha value is -1.83. The van der Waals surface area contributed by atoms with Crippen LogP contribution in [0.5, 0.6) is 5.75 Å². The minimum Gasteiger partial charge on any atom is -0.491 e. The van der Waals surface area contributed by atoms with Crippen LogP contribution in [0.3, 0.4) is 0 Å². The Balaban J connectivity index is 0.00000242. The quantitative estimate of drug-likeness (QED) is 0.449. The highest BCUT2D eigenvalue weighted by atomic mass is 127. The molecule has 5 nitrogen and oxygen atoms in total. The van der Waals surface area contributed by atoms with E-state index < -0.39 is 0 Å². The number of guanidine groups is 1. The number of pyridine rings is 1. The van der Waals surface area contributed by atoms with Crippen molar-refractivity contribution in [3.63, 3.8) is 0 Å². The number of nitrogens with zero attached hydrogens (tertiary/aromatic N) is 2. The number of hydrogen-bond donors (Lipinski definition) is 2. The van der Waals surface area contributed by atoms with E-state index in [9.17, 15) is 0 Å². The number of nitrogens with one attached hydrogen (secondary N) is 1. The van der Waals surface area contributed by atoms with Crippen molar-refractivity contribution in [1.82, 2.24) is 4.98 Å². The first-order chi connectivity index (χ1) is 10.1. The van der Waals surface area contributed by atoms with Gasteiger partial charge in [-0.2, -0.15) is 0 Å². The van der Waals surface area contributed by atoms with Crippen LogP contribution >= 0.6 is 24.0 Å². The summed E-state index contributed by atoms with van der Waals surface area (Å²) in [7, 11) is 0. The fourth-order valence-electron chi connectivity index (χ4n) is 1.73. The van der Waals surface area contributed by atoms with Gasteiger partial charge in [-0.3, -0.25) is 4.98 Å². The third-order valence-corrected chi connectivity index (χ3v) is 2.64. The van der Waals surface area contributed by atoms with Gasteiger partial charge in [0.05, 0.1) is 18.3 Å². The number of aromatic nitrogens is 1. The average molecular weight is 412 g/mol. The molecule has 6 heteroatoms. The lowest BCUT2D eigenvalue weighted by atomic mass is 10.3. The van der Waals surface area contributed by atoms with E-state index in [4.69, 9.17) is 10.5 Å². The first kappa shape index (κ1) is 18.2. The highest BCUT2D eigenvalue weighted by Crippen LogP contribution is 2.16. The molecule has 3 N–H and O–H groups in total. The molecule has 2 rings (SSSR count). The lowest BCUT2D eigenvalue weighted by Crippen LogP contribution is -2.22. The van der Waals surface area contributed by atoms with Gasteiger partial charge in [0.2, 0.25) is 0 Å². The Morgan fingerprint density at radius 1 is 1.23 bits per heavy atom. The summed E-state index contributed by atoms with van der Waals surface area (Å²) >= 11 is 0. The normalized spacial score (nSPS) is 11.0. The molecule has 0 fully saturated rings. The molecular formula is C16H21IN4O. The lowest BCUT2D eigenvalue weighted by molar-refractivity contribution is 0.242. The van der Waals surface area contributed by atoms with Crippen LogP contribution in [0.4, 0.5) is 5.69 Å². The van der Waals surface area contributed by atoms with Crippen molar-refractivity contribution in [3.05, 3.63) is 54.4 Å². The largest absolute Gasteiger partial charge is 0.491 e. The van der Waals surface area contributed by atoms with Gasteiger partial charge in [-0.15, -0.1) is 24.0 Å². The molecule has 2 aromatic rings. The fraction of sp³-hybridized carbons (Fsp3) is 0.250. The van der Waals surface area contributed by atoms with Crippen molar-refractivity contribution in [2.75, 3.05) is 5.32 Å². The predicted molar refractivity (Wildman–Crippen MR) is 101 cm³/mol. The molecule has 0 unspecified atom stereocenters. The number of nitrogens with two attached hydrogens (primary N) is 1. The summed E-state index contributed by atoms with van der Waals surface area (Å²) in [4.78, 5) is 8.44. The van der Waals surface area contributed by atoms with Crippen molar-refractivity contribution >= 4 is 35.6 Å². The van der Waals surface area contributed by atoms with E-state index in [0.29, 0.717) is 12.5 Å². The molecular weight excluding hydrogens is 391 g/mol. The van der Waals surface area contributed by atoms with Gasteiger partial charge in [-0.25, -0.2) is 4.99 Å². The second-order valence-corrected chi connectivity index (χ2v) is 4.84. The molecule has 1 heterocycles. The van der Waals surface area contributed by atoms with Crippen molar-refractivity contribution in [1.29, 1.82) is 0 Å². The third kappa shape index (κ3) is 6.30. The Morgan fingerprint density at radius 3 is 2.55 bits per heavy atom. The maximum atomic E-state index is 5.85. The van der Waals surface area contributed by atoms with Gasteiger partial charge in [-0.05, 0) is 50.2 Å². The molecule has 118 valence electrons. The van der Waals surface area contributed by atoms with Gasteiger partial charge in [0.15, 0.2) is 5.96 Å². The van der Waals surface area contributed by atoms with Crippen LogP contribution in [-0.2, 0) is 6.54 Å². The molecule has 0 amide bonds. The molecule has 1 aromatic carbocycles. The standard InChI is InChI=1S/C16H20N4O.HI/c1-12(2)21-15-8-6-13(7-9-15)20-16(17)19-11-14-5-3-4-10-18-14;/h3-10,12H,11H2,1-2H3,(H3,17,19,20);1H. The summed E-state index contributed by atoms with van der Waals surface area (Å²) in [5, 5.41) is 3.04. The van der Waals surface area contributed by atoms with Crippen molar-refractivity contribution in [3.8, 4) is 5.75 Å². The highest BCUT2D eigenvalue weighted by molar-refractivity contribution is 14.0. The fourth-order valence-corrected chi connectivity index (χ4v) is 1.73. The summed E-state index contributed by atoms with van der Waals surface area (Å²) in [6.45, 7) is 4.44. The van der Waals surface area contributed by atoms with Crippen molar-refractivity contribution in [2.24, 2.45) is 10.7 Å². The molecule has 0 aliphatic heterocycles. The number of halogens is 1. The smallest absolute Gasteiger partial charge is 0.193 e. The van der Waals surface area contributed by atoms with Crippen LogP contribution in [0.1, 0.15) is 19.5 Å². The van der Waals surface area contributed by atoms with Crippen LogP contribution in [-0.4, -0.2) is 17.0 Å². The first-order valence-electron chi connectivity index (χ1n) is 6.87. The second-order valence-electron chi connectivity index (χ2n) is 4.84. The van der Waals surface area contributed by atoms with Crippen molar-refractivity contribution in [2.45, 2.75) is 26.5 Å². The van der Waals surface area contributed by atoms with Crippen LogP contribution in [0.15, 0.2) is 53.7 Å². The molecule has 0 aliphatic rings. The molecule has 0 saturated heterocycles. The van der Waals surface area contributed by atoms with E-state index in [1.807, 2.05) is 56.3 Å². The molecule has 0 bridgehead atoms. The third-order valence-electron chi connectivity index (χ3n) is 2.64. The molecule has 22 heavy (non-hydrogen) atoms. The molecule has 0 aliphatic carbocycles. The van der Waals surface area contributed by atoms with Crippen molar-refractivity contribution < 1.29 is 4.74 Å². The summed E-state index contributed by atoms with van der Waals surface area (Å²) in [6, 6.07) is 13.3. The maximum Gasteiger partial charge on any atom is 0.193 e. The maximum absolute atomic E-state index is 5.85. The van der Waals surface area contributed by atoms with Crippen LogP contribution < -0.4 is 15.8 Å². The lowest BCUT2D eigenvalue weighted by Gasteiger charge is -2.10. The van der Waals surface area contributed by atoms with E-state index in [2.05, 4.69) is 15.3 Å². The zero-order valence-corrected chi connectivity index (χ0v) is 15.0. The number of ether oxygens (including phenoxy) is 1. The monoisotopic (exact) mass is 412 g/mol. The van der Waals surface area contributed by atoms with E-state index in [0.717, 1.165) is 17.1 Å². The zero-order valence-electron chi connectivity index (χ0n) is 12.7. The minimum absolute atomic E-state index is 0. The number of aliphatic imine (C=N–C) groups is 1. The SMILES string of the molecule is CC(C)Oc1ccc(NC(N)=NCc2ccccn2)cc1.I. The average Bonchev–Trinajstić information content (AvgIpc) is 2.48. The van der Waals surface area contributed by atoms with E-state index >= 15 is 0 Å². The molecule has 0 atom stereocenters. The number of anilines is 1. The number of rotatable bonds is 5. The van der Waals surface area contributed by atoms with Gasteiger partial charge in [0.25, 0.3) is 0 Å². The Kier molecular flexibility index (Phi) is 7.65.